The molecule has 3 rings (SSSR count). The highest BCUT2D eigenvalue weighted by Gasteiger charge is 2.65. The highest BCUT2D eigenvalue weighted by atomic mass is 31.2. The van der Waals surface area contributed by atoms with Gasteiger partial charge < -0.3 is 9.47 Å². The van der Waals surface area contributed by atoms with Crippen molar-refractivity contribution in [2.75, 3.05) is 19.8 Å². The van der Waals surface area contributed by atoms with E-state index in [9.17, 15) is 27.7 Å². The number of ether oxygens (including phenoxy) is 2. The first-order chi connectivity index (χ1) is 14.1. The van der Waals surface area contributed by atoms with Gasteiger partial charge in [-0.3, -0.25) is 32.7 Å². The average Bonchev–Trinajstić information content (AvgIpc) is 2.92. The molecule has 1 N–H and O–H groups in total. The summed E-state index contributed by atoms with van der Waals surface area (Å²) in [6.07, 6.45) is -4.47. The maximum atomic E-state index is 14.9. The SMILES string of the molecule is CCOC(=O)[C@H](C)CCOP1(=O)OC[C@H]2O[C@@H](n3ccc(=O)[nH]c3=O)C(F)(F)[C@@H]2O1. The molecule has 2 fully saturated rings. The molecular weight excluding hydrogens is 433 g/mol. The van der Waals surface area contributed by atoms with Gasteiger partial charge in [0.15, 0.2) is 6.10 Å². The summed E-state index contributed by atoms with van der Waals surface area (Å²) in [4.78, 5) is 36.5. The Balaban J connectivity index is 1.67. The molecule has 1 aromatic rings. The van der Waals surface area contributed by atoms with E-state index in [4.69, 9.17) is 23.0 Å². The number of nitrogens with zero attached hydrogens (tertiary/aromatic N) is 1. The van der Waals surface area contributed by atoms with E-state index < -0.39 is 61.9 Å². The number of halogens is 2. The number of phosphoric acid groups is 1. The van der Waals surface area contributed by atoms with E-state index >= 15 is 0 Å². The van der Waals surface area contributed by atoms with Crippen LogP contribution in [0.2, 0.25) is 0 Å². The zero-order chi connectivity index (χ0) is 22.1. The van der Waals surface area contributed by atoms with Gasteiger partial charge in [0.25, 0.3) is 5.56 Å². The number of alkyl halides is 2. The molecule has 5 atom stereocenters. The van der Waals surface area contributed by atoms with Crippen molar-refractivity contribution in [1.82, 2.24) is 9.55 Å². The second kappa shape index (κ2) is 8.67. The highest BCUT2D eigenvalue weighted by molar-refractivity contribution is 7.48. The molecule has 14 heteroatoms. The molecule has 2 saturated heterocycles. The molecule has 2 aliphatic heterocycles. The summed E-state index contributed by atoms with van der Waals surface area (Å²) in [7, 11) is -4.36. The minimum Gasteiger partial charge on any atom is -0.466 e. The first-order valence-electron chi connectivity index (χ1n) is 9.16. The molecule has 2 aliphatic rings. The Morgan fingerprint density at radius 1 is 1.47 bits per heavy atom. The molecule has 0 bridgehead atoms. The van der Waals surface area contributed by atoms with Crippen LogP contribution < -0.4 is 11.2 Å². The Labute approximate surface area is 168 Å². The molecule has 1 aromatic heterocycles. The van der Waals surface area contributed by atoms with Gasteiger partial charge in [-0.1, -0.05) is 6.92 Å². The molecule has 1 unspecified atom stereocenters. The maximum absolute atomic E-state index is 14.9. The largest absolute Gasteiger partial charge is 0.475 e. The van der Waals surface area contributed by atoms with Crippen molar-refractivity contribution in [2.24, 2.45) is 5.92 Å². The zero-order valence-electron chi connectivity index (χ0n) is 16.1. The van der Waals surface area contributed by atoms with Crippen LogP contribution in [-0.2, 0) is 32.4 Å². The number of hydrogen-bond donors (Lipinski definition) is 1. The van der Waals surface area contributed by atoms with E-state index in [1.165, 1.54) is 0 Å². The number of carbonyl (C=O) groups excluding carboxylic acids is 1. The van der Waals surface area contributed by atoms with Crippen LogP contribution in [0.1, 0.15) is 26.5 Å². The first kappa shape index (κ1) is 22.8. The van der Waals surface area contributed by atoms with Crippen molar-refractivity contribution in [3.05, 3.63) is 33.1 Å². The van der Waals surface area contributed by atoms with Crippen molar-refractivity contribution in [3.8, 4) is 0 Å². The number of phosphoric ester groups is 1. The van der Waals surface area contributed by atoms with Crippen LogP contribution in [-0.4, -0.2) is 53.5 Å². The number of aromatic amines is 1. The highest BCUT2D eigenvalue weighted by Crippen LogP contribution is 2.59. The minimum absolute atomic E-state index is 0.103. The summed E-state index contributed by atoms with van der Waals surface area (Å²) >= 11 is 0. The van der Waals surface area contributed by atoms with Gasteiger partial charge in [-0.25, -0.2) is 9.36 Å². The second-order valence-corrected chi connectivity index (χ2v) is 8.38. The van der Waals surface area contributed by atoms with E-state index in [2.05, 4.69) is 0 Å². The topological polar surface area (TPSA) is 135 Å². The molecule has 0 aromatic carbocycles. The lowest BCUT2D eigenvalue weighted by Crippen LogP contribution is -2.45. The number of hydrogen-bond acceptors (Lipinski definition) is 9. The fourth-order valence-corrected chi connectivity index (χ4v) is 4.40. The number of rotatable bonds is 7. The van der Waals surface area contributed by atoms with Crippen molar-refractivity contribution in [2.45, 2.75) is 44.6 Å². The van der Waals surface area contributed by atoms with Crippen LogP contribution in [0.4, 0.5) is 8.78 Å². The van der Waals surface area contributed by atoms with Gasteiger partial charge in [0, 0.05) is 12.3 Å². The van der Waals surface area contributed by atoms with Crippen LogP contribution in [0.25, 0.3) is 0 Å². The fraction of sp³-hybridized carbons (Fsp3) is 0.688. The van der Waals surface area contributed by atoms with Gasteiger partial charge in [0.2, 0.25) is 6.23 Å². The van der Waals surface area contributed by atoms with Crippen LogP contribution in [0.15, 0.2) is 21.9 Å². The van der Waals surface area contributed by atoms with Gasteiger partial charge in [-0.15, -0.1) is 0 Å². The third-order valence-electron chi connectivity index (χ3n) is 4.58. The second-order valence-electron chi connectivity index (χ2n) is 6.76. The molecule has 0 saturated carbocycles. The quantitative estimate of drug-likeness (QED) is 0.476. The molecule has 11 nitrogen and oxygen atoms in total. The molecule has 3 heterocycles. The molecule has 0 spiro atoms. The normalized spacial score (nSPS) is 31.1. The predicted octanol–water partition coefficient (Wildman–Crippen LogP) is 1.20. The molecule has 0 aliphatic carbocycles. The van der Waals surface area contributed by atoms with Crippen LogP contribution in [0, 0.1) is 5.92 Å². The average molecular weight is 454 g/mol. The third-order valence-corrected chi connectivity index (χ3v) is 6.03. The number of nitrogens with one attached hydrogen (secondary N) is 1. The molecule has 0 radical (unpaired) electrons. The Morgan fingerprint density at radius 3 is 2.87 bits per heavy atom. The van der Waals surface area contributed by atoms with Crippen molar-refractivity contribution < 1.29 is 41.2 Å². The Morgan fingerprint density at radius 2 is 2.20 bits per heavy atom. The Bertz CT molecular complexity index is 949. The summed E-state index contributed by atoms with van der Waals surface area (Å²) in [5.74, 6) is -4.83. The van der Waals surface area contributed by atoms with E-state index in [1.807, 2.05) is 4.98 Å². The number of aromatic nitrogens is 2. The zero-order valence-corrected chi connectivity index (χ0v) is 17.0. The summed E-state index contributed by atoms with van der Waals surface area (Å²) in [6.45, 7) is 2.63. The predicted molar refractivity (Wildman–Crippen MR) is 95.0 cm³/mol. The minimum atomic E-state index is -4.36. The smallest absolute Gasteiger partial charge is 0.466 e. The van der Waals surface area contributed by atoms with Gasteiger partial charge in [-0.05, 0) is 13.3 Å². The lowest BCUT2D eigenvalue weighted by molar-refractivity contribution is -0.148. The van der Waals surface area contributed by atoms with Gasteiger partial charge in [0.1, 0.15) is 6.10 Å². The maximum Gasteiger partial charge on any atom is 0.475 e. The molecular formula is C16H21F2N2O9P. The monoisotopic (exact) mass is 454 g/mol. The molecule has 0 amide bonds. The number of fused-ring (bicyclic) bond motifs is 1. The van der Waals surface area contributed by atoms with Crippen molar-refractivity contribution in [3.63, 3.8) is 0 Å². The van der Waals surface area contributed by atoms with Gasteiger partial charge in [-0.2, -0.15) is 8.78 Å². The van der Waals surface area contributed by atoms with Crippen LogP contribution in [0.3, 0.4) is 0 Å². The fourth-order valence-electron chi connectivity index (χ4n) is 2.99. The van der Waals surface area contributed by atoms with E-state index in [1.54, 1.807) is 13.8 Å². The molecule has 30 heavy (non-hydrogen) atoms. The summed E-state index contributed by atoms with van der Waals surface area (Å²) in [5, 5.41) is 0. The van der Waals surface area contributed by atoms with E-state index in [-0.39, 0.29) is 19.6 Å². The standard InChI is InChI=1S/C16H21F2N2O9P/c1-3-25-13(22)9(2)5-7-26-30(24)27-8-10-12(29-30)16(17,18)14(28-10)20-6-4-11(21)19-15(20)23/h4,6,9-10,12,14H,3,5,7-8H2,1-2H3,(H,19,21,23)/t9-,10-,12-,14-,30?/m1/s1. The van der Waals surface area contributed by atoms with E-state index in [0.29, 0.717) is 4.57 Å². The summed E-state index contributed by atoms with van der Waals surface area (Å²) in [5.41, 5.74) is -1.86. The van der Waals surface area contributed by atoms with E-state index in [0.717, 1.165) is 12.3 Å². The summed E-state index contributed by atoms with van der Waals surface area (Å²) in [6, 6.07) is 0.888. The number of carbonyl (C=O) groups is 1. The van der Waals surface area contributed by atoms with Crippen LogP contribution >= 0.6 is 7.82 Å². The van der Waals surface area contributed by atoms with Crippen molar-refractivity contribution >= 4 is 13.8 Å². The first-order valence-corrected chi connectivity index (χ1v) is 10.6. The van der Waals surface area contributed by atoms with Gasteiger partial charge in [0.05, 0.1) is 25.7 Å². The lowest BCUT2D eigenvalue weighted by Gasteiger charge is -2.31. The van der Waals surface area contributed by atoms with Crippen molar-refractivity contribution in [1.29, 1.82) is 0 Å². The number of esters is 1. The molecule has 168 valence electrons. The number of H-pyrrole nitrogens is 1. The Kier molecular flexibility index (Phi) is 6.58. The third kappa shape index (κ3) is 4.54. The summed E-state index contributed by atoms with van der Waals surface area (Å²) < 4.78 is 67.9. The van der Waals surface area contributed by atoms with Crippen LogP contribution in [0.5, 0.6) is 0 Å². The lowest BCUT2D eigenvalue weighted by atomic mass is 10.1. The Hall–Kier alpha value is -1.92. The van der Waals surface area contributed by atoms with Gasteiger partial charge >= 0.3 is 25.4 Å².